The predicted octanol–water partition coefficient (Wildman–Crippen LogP) is 4.10. The molecule has 0 radical (unpaired) electrons. The van der Waals surface area contributed by atoms with E-state index in [9.17, 15) is 0 Å². The minimum Gasteiger partial charge on any atom is -0.485 e. The Morgan fingerprint density at radius 3 is 2.65 bits per heavy atom. The van der Waals surface area contributed by atoms with Gasteiger partial charge in [-0.1, -0.05) is 23.7 Å². The SMILES string of the molecule is Clc1cccc2c1OC1(CC2)CCN(c2ccc(I)nn2)CC1. The molecule has 0 atom stereocenters. The van der Waals surface area contributed by atoms with Crippen molar-refractivity contribution in [3.8, 4) is 5.75 Å². The Morgan fingerprint density at radius 2 is 1.91 bits per heavy atom. The molecule has 4 rings (SSSR count). The van der Waals surface area contributed by atoms with Gasteiger partial charge in [0, 0.05) is 25.9 Å². The van der Waals surface area contributed by atoms with Crippen LogP contribution in [0.5, 0.6) is 5.75 Å². The monoisotopic (exact) mass is 441 g/mol. The van der Waals surface area contributed by atoms with Crippen LogP contribution >= 0.6 is 34.2 Å². The number of anilines is 1. The van der Waals surface area contributed by atoms with Gasteiger partial charge in [0.25, 0.3) is 0 Å². The molecule has 3 heterocycles. The highest BCUT2D eigenvalue weighted by molar-refractivity contribution is 14.1. The molecule has 2 aliphatic heterocycles. The molecular formula is C17H17ClIN3O. The van der Waals surface area contributed by atoms with Gasteiger partial charge in [-0.25, -0.2) is 0 Å². The molecule has 1 saturated heterocycles. The second-order valence-corrected chi connectivity index (χ2v) is 7.73. The predicted molar refractivity (Wildman–Crippen MR) is 99.3 cm³/mol. The molecule has 120 valence electrons. The lowest BCUT2D eigenvalue weighted by Crippen LogP contribution is -2.50. The van der Waals surface area contributed by atoms with Crippen molar-refractivity contribution >= 4 is 40.0 Å². The van der Waals surface area contributed by atoms with Gasteiger partial charge in [0.2, 0.25) is 0 Å². The summed E-state index contributed by atoms with van der Waals surface area (Å²) in [4.78, 5) is 2.29. The van der Waals surface area contributed by atoms with E-state index in [1.165, 1.54) is 5.56 Å². The second kappa shape index (κ2) is 6.09. The van der Waals surface area contributed by atoms with Crippen molar-refractivity contribution in [2.45, 2.75) is 31.3 Å². The maximum atomic E-state index is 6.40. The van der Waals surface area contributed by atoms with Crippen molar-refractivity contribution in [3.05, 3.63) is 44.6 Å². The largest absolute Gasteiger partial charge is 0.485 e. The molecule has 1 fully saturated rings. The number of benzene rings is 1. The van der Waals surface area contributed by atoms with Crippen LogP contribution < -0.4 is 9.64 Å². The lowest BCUT2D eigenvalue weighted by atomic mass is 9.83. The first-order chi connectivity index (χ1) is 11.2. The molecule has 6 heteroatoms. The van der Waals surface area contributed by atoms with Gasteiger partial charge in [0.1, 0.15) is 15.1 Å². The topological polar surface area (TPSA) is 38.2 Å². The summed E-state index contributed by atoms with van der Waals surface area (Å²) >= 11 is 8.51. The summed E-state index contributed by atoms with van der Waals surface area (Å²) < 4.78 is 7.32. The van der Waals surface area contributed by atoms with Gasteiger partial charge in [-0.15, -0.1) is 10.2 Å². The van der Waals surface area contributed by atoms with Gasteiger partial charge in [-0.05, 0) is 59.2 Å². The maximum Gasteiger partial charge on any atom is 0.151 e. The zero-order valence-electron chi connectivity index (χ0n) is 12.6. The van der Waals surface area contributed by atoms with Gasteiger partial charge in [-0.3, -0.25) is 0 Å². The summed E-state index contributed by atoms with van der Waals surface area (Å²) in [5.74, 6) is 1.84. The van der Waals surface area contributed by atoms with E-state index in [2.05, 4.69) is 43.8 Å². The fourth-order valence-corrected chi connectivity index (χ4v) is 3.99. The average molecular weight is 442 g/mol. The van der Waals surface area contributed by atoms with E-state index in [0.29, 0.717) is 0 Å². The number of piperidine rings is 1. The van der Waals surface area contributed by atoms with Crippen LogP contribution in [0.1, 0.15) is 24.8 Å². The summed E-state index contributed by atoms with van der Waals surface area (Å²) in [6.45, 7) is 1.88. The molecule has 1 aromatic heterocycles. The van der Waals surface area contributed by atoms with Gasteiger partial charge < -0.3 is 9.64 Å². The van der Waals surface area contributed by atoms with Crippen LogP contribution in [-0.4, -0.2) is 28.9 Å². The van der Waals surface area contributed by atoms with E-state index in [-0.39, 0.29) is 5.60 Å². The number of hydrogen-bond donors (Lipinski definition) is 0. The number of aromatic nitrogens is 2. The lowest BCUT2D eigenvalue weighted by molar-refractivity contribution is 0.0225. The lowest BCUT2D eigenvalue weighted by Gasteiger charge is -2.45. The molecule has 1 spiro atoms. The van der Waals surface area contributed by atoms with Crippen LogP contribution in [0.3, 0.4) is 0 Å². The minimum absolute atomic E-state index is 0.0782. The molecule has 0 unspecified atom stereocenters. The van der Waals surface area contributed by atoms with Gasteiger partial charge >= 0.3 is 0 Å². The molecule has 0 bridgehead atoms. The highest BCUT2D eigenvalue weighted by Crippen LogP contribution is 2.42. The maximum absolute atomic E-state index is 6.40. The van der Waals surface area contributed by atoms with Crippen LogP contribution in [0.15, 0.2) is 30.3 Å². The third kappa shape index (κ3) is 3.01. The quantitative estimate of drug-likeness (QED) is 0.625. The van der Waals surface area contributed by atoms with Crippen molar-refractivity contribution in [2.24, 2.45) is 0 Å². The first-order valence-electron chi connectivity index (χ1n) is 7.86. The fraction of sp³-hybridized carbons (Fsp3) is 0.412. The first-order valence-corrected chi connectivity index (χ1v) is 9.32. The summed E-state index contributed by atoms with van der Waals surface area (Å²) in [5.41, 5.74) is 1.15. The van der Waals surface area contributed by atoms with E-state index in [0.717, 1.165) is 59.1 Å². The van der Waals surface area contributed by atoms with Crippen LogP contribution in [0.25, 0.3) is 0 Å². The number of hydrogen-bond acceptors (Lipinski definition) is 4. The Balaban J connectivity index is 1.49. The molecule has 0 aliphatic carbocycles. The van der Waals surface area contributed by atoms with E-state index >= 15 is 0 Å². The Labute approximate surface area is 154 Å². The van der Waals surface area contributed by atoms with Crippen LogP contribution in [0.2, 0.25) is 5.02 Å². The third-order valence-corrected chi connectivity index (χ3v) is 5.71. The number of aryl methyl sites for hydroxylation is 1. The summed E-state index contributed by atoms with van der Waals surface area (Å²) in [5, 5.41) is 9.17. The summed E-state index contributed by atoms with van der Waals surface area (Å²) in [6, 6.07) is 10.1. The van der Waals surface area contributed by atoms with E-state index in [1.807, 2.05) is 24.3 Å². The number of ether oxygens (including phenoxy) is 1. The number of fused-ring (bicyclic) bond motifs is 1. The highest BCUT2D eigenvalue weighted by atomic mass is 127. The first kappa shape index (κ1) is 15.4. The van der Waals surface area contributed by atoms with Crippen LogP contribution in [0.4, 0.5) is 5.82 Å². The third-order valence-electron chi connectivity index (χ3n) is 4.83. The van der Waals surface area contributed by atoms with Crippen LogP contribution in [0, 0.1) is 3.70 Å². The number of rotatable bonds is 1. The van der Waals surface area contributed by atoms with Crippen molar-refractivity contribution in [1.29, 1.82) is 0 Å². The Kier molecular flexibility index (Phi) is 4.09. The Bertz CT molecular complexity index is 714. The van der Waals surface area contributed by atoms with Gasteiger partial charge in [0.05, 0.1) is 5.02 Å². The molecule has 1 aromatic carbocycles. The minimum atomic E-state index is -0.0782. The number of halogens is 2. The zero-order chi connectivity index (χ0) is 15.9. The highest BCUT2D eigenvalue weighted by Gasteiger charge is 2.40. The summed E-state index contributed by atoms with van der Waals surface area (Å²) in [7, 11) is 0. The standard InChI is InChI=1S/C17H17ClIN3O/c18-13-3-1-2-12-6-7-17(23-16(12)13)8-10-22(11-9-17)15-5-4-14(19)20-21-15/h1-5H,6-11H2. The smallest absolute Gasteiger partial charge is 0.151 e. The normalized spacial score (nSPS) is 19.3. The summed E-state index contributed by atoms with van der Waals surface area (Å²) in [6.07, 6.45) is 4.09. The van der Waals surface area contributed by atoms with E-state index in [4.69, 9.17) is 16.3 Å². The van der Waals surface area contributed by atoms with E-state index in [1.54, 1.807) is 0 Å². The molecule has 2 aliphatic rings. The molecular weight excluding hydrogens is 425 g/mol. The molecule has 0 amide bonds. The number of para-hydroxylation sites is 1. The molecule has 2 aromatic rings. The molecule has 23 heavy (non-hydrogen) atoms. The zero-order valence-corrected chi connectivity index (χ0v) is 15.5. The second-order valence-electron chi connectivity index (χ2n) is 6.21. The van der Waals surface area contributed by atoms with E-state index < -0.39 is 0 Å². The Hall–Kier alpha value is -1.08. The average Bonchev–Trinajstić information content (AvgIpc) is 2.58. The van der Waals surface area contributed by atoms with Crippen molar-refractivity contribution in [1.82, 2.24) is 10.2 Å². The van der Waals surface area contributed by atoms with Crippen molar-refractivity contribution < 1.29 is 4.74 Å². The van der Waals surface area contributed by atoms with Crippen LogP contribution in [-0.2, 0) is 6.42 Å². The number of nitrogens with zero attached hydrogens (tertiary/aromatic N) is 3. The van der Waals surface area contributed by atoms with Gasteiger partial charge in [0.15, 0.2) is 5.82 Å². The van der Waals surface area contributed by atoms with Crippen molar-refractivity contribution in [3.63, 3.8) is 0 Å². The molecule has 0 saturated carbocycles. The Morgan fingerprint density at radius 1 is 1.09 bits per heavy atom. The van der Waals surface area contributed by atoms with Gasteiger partial charge in [-0.2, -0.15) is 0 Å². The molecule has 0 N–H and O–H groups in total. The molecule has 4 nitrogen and oxygen atoms in total. The fourth-order valence-electron chi connectivity index (χ4n) is 3.47. The van der Waals surface area contributed by atoms with Crippen molar-refractivity contribution in [2.75, 3.05) is 18.0 Å².